The van der Waals surface area contributed by atoms with Crippen molar-refractivity contribution in [2.45, 2.75) is 6.54 Å². The summed E-state index contributed by atoms with van der Waals surface area (Å²) in [6, 6.07) is 13.2. The van der Waals surface area contributed by atoms with Gasteiger partial charge < -0.3 is 4.90 Å². The van der Waals surface area contributed by atoms with E-state index in [1.165, 1.54) is 18.2 Å². The Morgan fingerprint density at radius 2 is 2.00 bits per heavy atom. The summed E-state index contributed by atoms with van der Waals surface area (Å²) in [7, 11) is 0. The van der Waals surface area contributed by atoms with E-state index in [0.717, 1.165) is 11.1 Å². The number of amides is 1. The van der Waals surface area contributed by atoms with E-state index in [2.05, 4.69) is 9.98 Å². The van der Waals surface area contributed by atoms with Gasteiger partial charge in [0.05, 0.1) is 0 Å². The summed E-state index contributed by atoms with van der Waals surface area (Å²) >= 11 is 0. The van der Waals surface area contributed by atoms with E-state index in [4.69, 9.17) is 0 Å². The Hall–Kier alpha value is -3.34. The Morgan fingerprint density at radius 3 is 2.88 bits per heavy atom. The van der Waals surface area contributed by atoms with Crippen molar-refractivity contribution in [2.75, 3.05) is 0 Å². The molecule has 2 aromatic rings. The summed E-state index contributed by atoms with van der Waals surface area (Å²) in [6.45, 7) is 0.642. The lowest BCUT2D eigenvalue weighted by atomic mass is 10.1. The topological polar surface area (TPSA) is 45.0 Å². The van der Waals surface area contributed by atoms with E-state index in [1.807, 2.05) is 53.6 Å². The van der Waals surface area contributed by atoms with Gasteiger partial charge in [0.1, 0.15) is 11.7 Å². The first-order valence-corrected chi connectivity index (χ1v) is 7.88. The van der Waals surface area contributed by atoms with Crippen LogP contribution < -0.4 is 0 Å². The van der Waals surface area contributed by atoms with Gasteiger partial charge in [0.25, 0.3) is 5.91 Å². The number of aliphatic imine (C=N–C) groups is 2. The van der Waals surface area contributed by atoms with Crippen LogP contribution in [-0.4, -0.2) is 22.5 Å². The molecule has 0 aliphatic carbocycles. The molecule has 5 heteroatoms. The monoisotopic (exact) mass is 331 g/mol. The second kappa shape index (κ2) is 6.28. The van der Waals surface area contributed by atoms with E-state index in [9.17, 15) is 9.18 Å². The Balaban J connectivity index is 1.82. The number of hydrogen-bond acceptors (Lipinski definition) is 2. The standard InChI is InChI=1S/C20H14FN3O/c21-16-8-5-7-14(12-16)20(25)23-19-17-9-2-1-6-15(17)13-24-11-4-3-10-18(24)22-19/h1-12H,13H2. The maximum Gasteiger partial charge on any atom is 0.279 e. The van der Waals surface area contributed by atoms with Gasteiger partial charge in [0, 0.05) is 23.9 Å². The minimum absolute atomic E-state index is 0.199. The van der Waals surface area contributed by atoms with Crippen LogP contribution in [0.5, 0.6) is 0 Å². The lowest BCUT2D eigenvalue weighted by Gasteiger charge is -2.20. The fourth-order valence-corrected chi connectivity index (χ4v) is 2.80. The van der Waals surface area contributed by atoms with E-state index < -0.39 is 11.7 Å². The minimum Gasteiger partial charge on any atom is -0.329 e. The summed E-state index contributed by atoms with van der Waals surface area (Å²) in [6.07, 6.45) is 7.63. The largest absolute Gasteiger partial charge is 0.329 e. The molecule has 0 saturated heterocycles. The molecule has 2 aromatic carbocycles. The van der Waals surface area contributed by atoms with Crippen LogP contribution in [0.15, 0.2) is 82.9 Å². The number of carbonyl (C=O) groups excluding carboxylic acids is 1. The van der Waals surface area contributed by atoms with Crippen LogP contribution in [0, 0.1) is 5.82 Å². The van der Waals surface area contributed by atoms with Gasteiger partial charge in [-0.05, 0) is 35.9 Å². The summed E-state index contributed by atoms with van der Waals surface area (Å²) in [4.78, 5) is 23.2. The number of nitrogens with zero attached hydrogens (tertiary/aromatic N) is 3. The molecule has 2 aliphatic heterocycles. The van der Waals surface area contributed by atoms with Crippen LogP contribution >= 0.6 is 0 Å². The highest BCUT2D eigenvalue weighted by Crippen LogP contribution is 2.21. The number of rotatable bonds is 1. The van der Waals surface area contributed by atoms with Gasteiger partial charge in [-0.25, -0.2) is 9.38 Å². The van der Waals surface area contributed by atoms with E-state index >= 15 is 0 Å². The number of hydrogen-bond donors (Lipinski definition) is 0. The average Bonchev–Trinajstić information content (AvgIpc) is 2.78. The summed E-state index contributed by atoms with van der Waals surface area (Å²) in [5.41, 5.74) is 2.02. The maximum absolute atomic E-state index is 13.4. The number of halogens is 1. The zero-order chi connectivity index (χ0) is 17.2. The number of benzene rings is 2. The maximum atomic E-state index is 13.4. The van der Waals surface area contributed by atoms with E-state index in [0.29, 0.717) is 18.2 Å². The number of allylic oxidation sites excluding steroid dienone is 2. The average molecular weight is 331 g/mol. The lowest BCUT2D eigenvalue weighted by Crippen LogP contribution is -2.24. The molecule has 0 radical (unpaired) electrons. The molecule has 0 unspecified atom stereocenters. The molecule has 4 nitrogen and oxygen atoms in total. The third kappa shape index (κ3) is 3.04. The molecule has 0 N–H and O–H groups in total. The highest BCUT2D eigenvalue weighted by molar-refractivity contribution is 6.16. The van der Waals surface area contributed by atoms with Crippen molar-refractivity contribution in [1.29, 1.82) is 0 Å². The highest BCUT2D eigenvalue weighted by atomic mass is 19.1. The second-order valence-electron chi connectivity index (χ2n) is 5.71. The minimum atomic E-state index is -0.516. The van der Waals surface area contributed by atoms with Crippen LogP contribution in [-0.2, 0) is 6.54 Å². The molecule has 0 aromatic heterocycles. The summed E-state index contributed by atoms with van der Waals surface area (Å²) in [5.74, 6) is 0.0643. The molecule has 4 rings (SSSR count). The van der Waals surface area contributed by atoms with Gasteiger partial charge in [-0.3, -0.25) is 4.79 Å². The van der Waals surface area contributed by atoms with E-state index in [-0.39, 0.29) is 5.56 Å². The molecule has 1 amide bonds. The molecular formula is C20H14FN3O. The summed E-state index contributed by atoms with van der Waals surface area (Å²) < 4.78 is 13.4. The normalized spacial score (nSPS) is 16.9. The van der Waals surface area contributed by atoms with Gasteiger partial charge in [0.15, 0.2) is 5.84 Å². The fraction of sp³-hybridized carbons (Fsp3) is 0.0500. The van der Waals surface area contributed by atoms with Crippen molar-refractivity contribution < 1.29 is 9.18 Å². The quantitative estimate of drug-likeness (QED) is 0.799. The molecule has 0 fully saturated rings. The Morgan fingerprint density at radius 1 is 1.12 bits per heavy atom. The van der Waals surface area contributed by atoms with Crippen molar-refractivity contribution in [3.05, 3.63) is 95.5 Å². The molecule has 2 heterocycles. The van der Waals surface area contributed by atoms with Crippen LogP contribution in [0.3, 0.4) is 0 Å². The van der Waals surface area contributed by atoms with Crippen molar-refractivity contribution in [1.82, 2.24) is 4.90 Å². The molecule has 0 atom stereocenters. The molecule has 0 bridgehead atoms. The zero-order valence-electron chi connectivity index (χ0n) is 13.3. The number of fused-ring (bicyclic) bond motifs is 2. The first-order valence-electron chi connectivity index (χ1n) is 7.88. The summed E-state index contributed by atoms with van der Waals surface area (Å²) in [5, 5.41) is 0. The van der Waals surface area contributed by atoms with Crippen LogP contribution in [0.1, 0.15) is 21.5 Å². The van der Waals surface area contributed by atoms with Gasteiger partial charge in [-0.15, -0.1) is 0 Å². The molecule has 2 aliphatic rings. The molecule has 25 heavy (non-hydrogen) atoms. The molecular weight excluding hydrogens is 317 g/mol. The predicted octanol–water partition coefficient (Wildman–Crippen LogP) is 3.71. The van der Waals surface area contributed by atoms with Crippen molar-refractivity contribution in [3.8, 4) is 0 Å². The number of amidine groups is 2. The van der Waals surface area contributed by atoms with Crippen LogP contribution in [0.25, 0.3) is 0 Å². The van der Waals surface area contributed by atoms with Crippen LogP contribution in [0.2, 0.25) is 0 Å². The molecule has 122 valence electrons. The van der Waals surface area contributed by atoms with Gasteiger partial charge >= 0.3 is 0 Å². The highest BCUT2D eigenvalue weighted by Gasteiger charge is 2.20. The lowest BCUT2D eigenvalue weighted by molar-refractivity contribution is 0.100. The first-order chi connectivity index (χ1) is 12.2. The number of carbonyl (C=O) groups is 1. The Labute approximate surface area is 144 Å². The van der Waals surface area contributed by atoms with Gasteiger partial charge in [-0.1, -0.05) is 36.4 Å². The Kier molecular flexibility index (Phi) is 3.82. The van der Waals surface area contributed by atoms with Crippen molar-refractivity contribution >= 4 is 17.6 Å². The van der Waals surface area contributed by atoms with Gasteiger partial charge in [0.2, 0.25) is 0 Å². The van der Waals surface area contributed by atoms with Crippen LogP contribution in [0.4, 0.5) is 4.39 Å². The van der Waals surface area contributed by atoms with Crippen molar-refractivity contribution in [2.24, 2.45) is 9.98 Å². The molecule has 0 spiro atoms. The van der Waals surface area contributed by atoms with E-state index in [1.54, 1.807) is 6.07 Å². The molecule has 0 saturated carbocycles. The fourth-order valence-electron chi connectivity index (χ4n) is 2.80. The predicted molar refractivity (Wildman–Crippen MR) is 95.0 cm³/mol. The van der Waals surface area contributed by atoms with Gasteiger partial charge in [-0.2, -0.15) is 4.99 Å². The third-order valence-corrected chi connectivity index (χ3v) is 4.02. The zero-order valence-corrected chi connectivity index (χ0v) is 13.3. The third-order valence-electron chi connectivity index (χ3n) is 4.02. The first kappa shape index (κ1) is 15.2. The smallest absolute Gasteiger partial charge is 0.279 e. The SMILES string of the molecule is O=C(N=C1N=C2C=CC=CN2Cc2ccccc21)c1cccc(F)c1. The van der Waals surface area contributed by atoms with Crippen molar-refractivity contribution in [3.63, 3.8) is 0 Å². The second-order valence-corrected chi connectivity index (χ2v) is 5.71. The Bertz CT molecular complexity index is 972.